The third-order valence-electron chi connectivity index (χ3n) is 10.9. The van der Waals surface area contributed by atoms with E-state index >= 15 is 0 Å². The predicted molar refractivity (Wildman–Crippen MR) is 205 cm³/mol. The normalized spacial score (nSPS) is 15.8. The average molecular weight is 640 g/mol. The highest BCUT2D eigenvalue weighted by Gasteiger charge is 2.49. The van der Waals surface area contributed by atoms with E-state index in [0.29, 0.717) is 0 Å². The van der Waals surface area contributed by atoms with Crippen LogP contribution in [0.3, 0.4) is 0 Å². The van der Waals surface area contributed by atoms with E-state index in [2.05, 4.69) is 180 Å². The van der Waals surface area contributed by atoms with Gasteiger partial charge in [0.25, 0.3) is 0 Å². The van der Waals surface area contributed by atoms with Crippen molar-refractivity contribution in [3.63, 3.8) is 0 Å². The van der Waals surface area contributed by atoms with Crippen LogP contribution in [0.25, 0.3) is 60.5 Å². The van der Waals surface area contributed by atoms with Crippen molar-refractivity contribution in [2.24, 2.45) is 0 Å². The first-order valence-electron chi connectivity index (χ1n) is 16.9. The van der Waals surface area contributed by atoms with Gasteiger partial charge in [0.05, 0.1) is 22.1 Å². The molecule has 1 aromatic heterocycles. The molecule has 2 aliphatic rings. The predicted octanol–water partition coefficient (Wildman–Crippen LogP) is 12.4. The van der Waals surface area contributed by atoms with Gasteiger partial charge >= 0.3 is 0 Å². The summed E-state index contributed by atoms with van der Waals surface area (Å²) in [5, 5.41) is 5.15. The average Bonchev–Trinajstić information content (AvgIpc) is 3.51. The minimum absolute atomic E-state index is 0.476. The maximum Gasteiger partial charge on any atom is 0.0764 e. The molecule has 8 aromatic carbocycles. The molecule has 0 bridgehead atoms. The van der Waals surface area contributed by atoms with E-state index in [9.17, 15) is 0 Å². The molecular formula is C47H29NS. The van der Waals surface area contributed by atoms with Crippen LogP contribution in [0, 0.1) is 0 Å². The topological polar surface area (TPSA) is 4.93 Å². The first-order valence-corrected chi connectivity index (χ1v) is 17.8. The third-order valence-corrected chi connectivity index (χ3v) is 12.1. The van der Waals surface area contributed by atoms with E-state index in [4.69, 9.17) is 0 Å². The number of hydrogen-bond acceptors (Lipinski definition) is 1. The van der Waals surface area contributed by atoms with Crippen molar-refractivity contribution in [2.45, 2.75) is 15.2 Å². The maximum absolute atomic E-state index is 2.51. The number of fused-ring (bicyclic) bond motifs is 12. The highest BCUT2D eigenvalue weighted by Crippen LogP contribution is 2.61. The highest BCUT2D eigenvalue weighted by molar-refractivity contribution is 7.99. The molecule has 1 nitrogen and oxygen atoms in total. The van der Waals surface area contributed by atoms with Crippen molar-refractivity contribution >= 4 is 44.3 Å². The minimum Gasteiger partial charge on any atom is -0.309 e. The highest BCUT2D eigenvalue weighted by atomic mass is 32.2. The Morgan fingerprint density at radius 1 is 0.408 bits per heavy atom. The fourth-order valence-corrected chi connectivity index (χ4v) is 10.2. The van der Waals surface area contributed by atoms with Crippen LogP contribution in [0.15, 0.2) is 186 Å². The molecular weight excluding hydrogens is 611 g/mol. The standard InChI is InChI=1S/C47H29NS/c1-2-14-33-30(12-1)13-9-16-34(33)31-26-28-32(29-27-31)35-17-10-22-41-46(35)49-44-25-8-5-20-39(44)47(41)38-19-4-7-24-43(38)48-42-23-6-3-15-36(42)37-18-11-21-40(47)45(37)48/h1-29H. The summed E-state index contributed by atoms with van der Waals surface area (Å²) in [5.74, 6) is 0. The number of benzene rings is 8. The zero-order chi connectivity index (χ0) is 32.1. The Kier molecular flexibility index (Phi) is 5.59. The Bertz CT molecular complexity index is 2800. The fraction of sp³-hybridized carbons (Fsp3) is 0.0213. The molecule has 1 spiro atoms. The van der Waals surface area contributed by atoms with Crippen LogP contribution in [-0.2, 0) is 5.41 Å². The monoisotopic (exact) mass is 639 g/mol. The summed E-state index contributed by atoms with van der Waals surface area (Å²) in [7, 11) is 0. The Labute approximate surface area is 289 Å². The zero-order valence-electron chi connectivity index (χ0n) is 26.6. The lowest BCUT2D eigenvalue weighted by molar-refractivity contribution is 0.690. The molecule has 1 atom stereocenters. The first kappa shape index (κ1) is 27.2. The fourth-order valence-electron chi connectivity index (χ4n) is 8.88. The van der Waals surface area contributed by atoms with Crippen LogP contribution in [0.4, 0.5) is 0 Å². The zero-order valence-corrected chi connectivity index (χ0v) is 27.4. The van der Waals surface area contributed by atoms with Gasteiger partial charge in [-0.05, 0) is 73.5 Å². The van der Waals surface area contributed by atoms with Crippen LogP contribution in [0.2, 0.25) is 0 Å². The van der Waals surface area contributed by atoms with E-state index < -0.39 is 5.41 Å². The lowest BCUT2D eigenvalue weighted by Gasteiger charge is -2.45. The molecule has 3 heterocycles. The van der Waals surface area contributed by atoms with Crippen molar-refractivity contribution in [3.8, 4) is 27.9 Å². The molecule has 0 saturated carbocycles. The summed E-state index contributed by atoms with van der Waals surface area (Å²) >= 11 is 1.92. The summed E-state index contributed by atoms with van der Waals surface area (Å²) < 4.78 is 2.51. The summed E-state index contributed by atoms with van der Waals surface area (Å²) in [6.45, 7) is 0. The van der Waals surface area contributed by atoms with Gasteiger partial charge < -0.3 is 4.57 Å². The van der Waals surface area contributed by atoms with Gasteiger partial charge in [0.2, 0.25) is 0 Å². The summed E-state index contributed by atoms with van der Waals surface area (Å²) in [5.41, 5.74) is 13.7. The lowest BCUT2D eigenvalue weighted by Crippen LogP contribution is -2.37. The van der Waals surface area contributed by atoms with E-state index in [-0.39, 0.29) is 0 Å². The van der Waals surface area contributed by atoms with E-state index in [1.165, 1.54) is 92.6 Å². The maximum atomic E-state index is 2.51. The number of rotatable bonds is 2. The van der Waals surface area contributed by atoms with Gasteiger partial charge in [-0.15, -0.1) is 0 Å². The van der Waals surface area contributed by atoms with Gasteiger partial charge in [-0.25, -0.2) is 0 Å². The van der Waals surface area contributed by atoms with Crippen LogP contribution in [0.1, 0.15) is 22.3 Å². The van der Waals surface area contributed by atoms with Gasteiger partial charge in [0.15, 0.2) is 0 Å². The Morgan fingerprint density at radius 2 is 1.00 bits per heavy atom. The molecule has 0 aliphatic carbocycles. The van der Waals surface area contributed by atoms with E-state index in [1.54, 1.807) is 0 Å². The molecule has 2 aliphatic heterocycles. The van der Waals surface area contributed by atoms with Crippen molar-refractivity contribution < 1.29 is 0 Å². The molecule has 9 aromatic rings. The van der Waals surface area contributed by atoms with Crippen LogP contribution in [-0.4, -0.2) is 4.57 Å². The molecule has 49 heavy (non-hydrogen) atoms. The van der Waals surface area contributed by atoms with E-state index in [0.717, 1.165) is 0 Å². The largest absolute Gasteiger partial charge is 0.309 e. The second kappa shape index (κ2) is 10.1. The van der Waals surface area contributed by atoms with Crippen molar-refractivity contribution in [3.05, 3.63) is 198 Å². The van der Waals surface area contributed by atoms with Crippen molar-refractivity contribution in [1.29, 1.82) is 0 Å². The van der Waals surface area contributed by atoms with Gasteiger partial charge in [-0.1, -0.05) is 169 Å². The SMILES string of the molecule is c1ccc2c(c1)Sc1c(-c3ccc(-c4cccc5ccccc45)cc3)cccc1C21c2ccccc2-n2c3ccccc3c3cccc1c32. The van der Waals surface area contributed by atoms with Gasteiger partial charge in [0.1, 0.15) is 0 Å². The second-order valence-corrected chi connectivity index (χ2v) is 14.3. The molecule has 1 unspecified atom stereocenters. The van der Waals surface area contributed by atoms with Crippen molar-refractivity contribution in [1.82, 2.24) is 4.57 Å². The number of nitrogens with zero attached hydrogens (tertiary/aromatic N) is 1. The molecule has 2 heteroatoms. The Hall–Kier alpha value is -5.83. The Morgan fingerprint density at radius 3 is 1.90 bits per heavy atom. The molecule has 0 amide bonds. The van der Waals surface area contributed by atoms with E-state index in [1.807, 2.05) is 11.8 Å². The van der Waals surface area contributed by atoms with Gasteiger partial charge in [0, 0.05) is 20.6 Å². The number of aromatic nitrogens is 1. The third kappa shape index (κ3) is 3.56. The Balaban J connectivity index is 1.19. The lowest BCUT2D eigenvalue weighted by atomic mass is 9.62. The summed E-state index contributed by atoms with van der Waals surface area (Å²) in [6.07, 6.45) is 0. The number of para-hydroxylation sites is 3. The molecule has 0 fully saturated rings. The van der Waals surface area contributed by atoms with Gasteiger partial charge in [-0.3, -0.25) is 0 Å². The van der Waals surface area contributed by atoms with Crippen LogP contribution < -0.4 is 0 Å². The summed E-state index contributed by atoms with van der Waals surface area (Å²) in [4.78, 5) is 2.64. The molecule has 0 saturated heterocycles. The quantitative estimate of drug-likeness (QED) is 0.182. The van der Waals surface area contributed by atoms with Crippen LogP contribution in [0.5, 0.6) is 0 Å². The van der Waals surface area contributed by atoms with Gasteiger partial charge in [-0.2, -0.15) is 0 Å². The van der Waals surface area contributed by atoms with Crippen molar-refractivity contribution in [2.75, 3.05) is 0 Å². The smallest absolute Gasteiger partial charge is 0.0764 e. The summed E-state index contributed by atoms with van der Waals surface area (Å²) in [6, 6.07) is 65.5. The number of hydrogen-bond donors (Lipinski definition) is 0. The second-order valence-electron chi connectivity index (χ2n) is 13.2. The minimum atomic E-state index is -0.476. The molecule has 11 rings (SSSR count). The molecule has 228 valence electrons. The molecule has 0 radical (unpaired) electrons. The van der Waals surface area contributed by atoms with Crippen LogP contribution >= 0.6 is 11.8 Å². The first-order chi connectivity index (χ1) is 24.3. The molecule has 0 N–H and O–H groups in total.